The Labute approximate surface area is 127 Å². The minimum absolute atomic E-state index is 0.00965. The number of nitrogens with zero attached hydrogens (tertiary/aromatic N) is 1. The summed E-state index contributed by atoms with van der Waals surface area (Å²) in [6.07, 6.45) is 4.39. The summed E-state index contributed by atoms with van der Waals surface area (Å²) in [4.78, 5) is 14.6. The van der Waals surface area contributed by atoms with E-state index in [1.54, 1.807) is 31.2 Å². The highest BCUT2D eigenvalue weighted by Gasteiger charge is 2.30. The second kappa shape index (κ2) is 6.48. The van der Waals surface area contributed by atoms with Gasteiger partial charge in [0, 0.05) is 17.9 Å². The number of amides is 1. The van der Waals surface area contributed by atoms with E-state index in [0.717, 1.165) is 19.3 Å². The van der Waals surface area contributed by atoms with Crippen LogP contribution in [-0.2, 0) is 0 Å². The largest absolute Gasteiger partial charge is 0.507 e. The van der Waals surface area contributed by atoms with Gasteiger partial charge in [0.2, 0.25) is 0 Å². The molecule has 2 atom stereocenters. The third-order valence-electron chi connectivity index (χ3n) is 3.90. The lowest BCUT2D eigenvalue weighted by atomic mass is 9.94. The van der Waals surface area contributed by atoms with Crippen molar-refractivity contribution < 1.29 is 14.6 Å². The summed E-state index contributed by atoms with van der Waals surface area (Å²) in [5.74, 6) is 0.390. The van der Waals surface area contributed by atoms with Gasteiger partial charge in [-0.3, -0.25) is 4.79 Å². The molecule has 4 nitrogen and oxygen atoms in total. The number of benzene rings is 1. The molecule has 0 aromatic heterocycles. The summed E-state index contributed by atoms with van der Waals surface area (Å²) in [7, 11) is 3.34. The zero-order valence-corrected chi connectivity index (χ0v) is 13.4. The first-order chi connectivity index (χ1) is 9.54. The number of hydrogen-bond donors (Lipinski definition) is 1. The van der Waals surface area contributed by atoms with Crippen molar-refractivity contribution in [3.63, 3.8) is 0 Å². The molecule has 1 N–H and O–H groups in total. The van der Waals surface area contributed by atoms with E-state index >= 15 is 0 Å². The van der Waals surface area contributed by atoms with Crippen LogP contribution in [0.1, 0.15) is 36.0 Å². The Bertz CT molecular complexity index is 492. The average molecular weight is 342 g/mol. The average Bonchev–Trinajstić information content (AvgIpc) is 2.47. The summed E-state index contributed by atoms with van der Waals surface area (Å²) in [6.45, 7) is 0. The standard InChI is InChI=1S/C15H20BrNO3/c1-17(13-6-4-3-5-12(13)16)15(19)11-9-10(20-2)7-8-14(11)18/h7-9,12-13,18H,3-6H2,1-2H3. The Kier molecular flexibility index (Phi) is 4.91. The minimum Gasteiger partial charge on any atom is -0.507 e. The smallest absolute Gasteiger partial charge is 0.257 e. The molecule has 0 heterocycles. The molecule has 20 heavy (non-hydrogen) atoms. The molecule has 0 spiro atoms. The van der Waals surface area contributed by atoms with Crippen molar-refractivity contribution in [1.82, 2.24) is 4.90 Å². The van der Waals surface area contributed by atoms with Gasteiger partial charge in [0.1, 0.15) is 11.5 Å². The van der Waals surface area contributed by atoms with Crippen LogP contribution in [0.4, 0.5) is 0 Å². The number of carbonyl (C=O) groups is 1. The molecule has 0 saturated heterocycles. The third kappa shape index (κ3) is 3.08. The van der Waals surface area contributed by atoms with Gasteiger partial charge in [-0.2, -0.15) is 0 Å². The van der Waals surface area contributed by atoms with Crippen molar-refractivity contribution >= 4 is 21.8 Å². The van der Waals surface area contributed by atoms with Crippen LogP contribution in [0.3, 0.4) is 0 Å². The van der Waals surface area contributed by atoms with E-state index in [1.807, 2.05) is 0 Å². The number of rotatable bonds is 3. The molecule has 0 radical (unpaired) electrons. The van der Waals surface area contributed by atoms with Gasteiger partial charge in [-0.25, -0.2) is 0 Å². The minimum atomic E-state index is -0.169. The van der Waals surface area contributed by atoms with Crippen LogP contribution in [0.15, 0.2) is 18.2 Å². The molecule has 110 valence electrons. The van der Waals surface area contributed by atoms with Crippen LogP contribution in [0, 0.1) is 0 Å². The van der Waals surface area contributed by atoms with Crippen LogP contribution >= 0.6 is 15.9 Å². The van der Waals surface area contributed by atoms with Crippen LogP contribution < -0.4 is 4.74 Å². The van der Waals surface area contributed by atoms with E-state index in [9.17, 15) is 9.90 Å². The Balaban J connectivity index is 2.21. The Morgan fingerprint density at radius 1 is 1.40 bits per heavy atom. The zero-order chi connectivity index (χ0) is 14.7. The fourth-order valence-corrected chi connectivity index (χ4v) is 3.60. The maximum absolute atomic E-state index is 12.6. The van der Waals surface area contributed by atoms with Gasteiger partial charge in [0.25, 0.3) is 5.91 Å². The SMILES string of the molecule is COc1ccc(O)c(C(=O)N(C)C2CCCCC2Br)c1. The molecule has 1 aliphatic carbocycles. The summed E-state index contributed by atoms with van der Waals surface area (Å²) in [5, 5.41) is 9.90. The topological polar surface area (TPSA) is 49.8 Å². The number of methoxy groups -OCH3 is 1. The molecule has 2 rings (SSSR count). The first-order valence-corrected chi connectivity index (χ1v) is 7.74. The van der Waals surface area contributed by atoms with E-state index in [-0.39, 0.29) is 23.3 Å². The fraction of sp³-hybridized carbons (Fsp3) is 0.533. The molecular formula is C15H20BrNO3. The van der Waals surface area contributed by atoms with Gasteiger partial charge in [-0.15, -0.1) is 0 Å². The highest BCUT2D eigenvalue weighted by molar-refractivity contribution is 9.09. The fourth-order valence-electron chi connectivity index (χ4n) is 2.66. The number of aromatic hydroxyl groups is 1. The molecule has 1 aromatic carbocycles. The number of halogens is 1. The predicted molar refractivity (Wildman–Crippen MR) is 81.7 cm³/mol. The monoisotopic (exact) mass is 341 g/mol. The zero-order valence-electron chi connectivity index (χ0n) is 11.8. The summed E-state index contributed by atoms with van der Waals surface area (Å²) >= 11 is 3.66. The quantitative estimate of drug-likeness (QED) is 0.859. The molecule has 1 aromatic rings. The first kappa shape index (κ1) is 15.2. The van der Waals surface area contributed by atoms with E-state index in [4.69, 9.17) is 4.74 Å². The predicted octanol–water partition coefficient (Wildman–Crippen LogP) is 3.18. The maximum Gasteiger partial charge on any atom is 0.257 e. The lowest BCUT2D eigenvalue weighted by Gasteiger charge is -2.35. The van der Waals surface area contributed by atoms with Crippen LogP contribution in [-0.4, -0.2) is 40.9 Å². The number of hydrogen-bond acceptors (Lipinski definition) is 3. The number of phenols is 1. The van der Waals surface area contributed by atoms with Crippen molar-refractivity contribution in [3.05, 3.63) is 23.8 Å². The molecule has 1 aliphatic rings. The highest BCUT2D eigenvalue weighted by Crippen LogP contribution is 2.30. The van der Waals surface area contributed by atoms with Crippen LogP contribution in [0.5, 0.6) is 11.5 Å². The maximum atomic E-state index is 12.6. The van der Waals surface area contributed by atoms with E-state index in [0.29, 0.717) is 10.6 Å². The lowest BCUT2D eigenvalue weighted by molar-refractivity contribution is 0.0701. The molecule has 1 saturated carbocycles. The Morgan fingerprint density at radius 2 is 2.10 bits per heavy atom. The van der Waals surface area contributed by atoms with Gasteiger partial charge < -0.3 is 14.7 Å². The van der Waals surface area contributed by atoms with Crippen molar-refractivity contribution in [2.45, 2.75) is 36.6 Å². The summed E-state index contributed by atoms with van der Waals surface area (Å²) < 4.78 is 5.12. The third-order valence-corrected chi connectivity index (χ3v) is 4.97. The Hall–Kier alpha value is -1.23. The highest BCUT2D eigenvalue weighted by atomic mass is 79.9. The van der Waals surface area contributed by atoms with Gasteiger partial charge in [0.15, 0.2) is 0 Å². The lowest BCUT2D eigenvalue weighted by Crippen LogP contribution is -2.44. The molecule has 1 amide bonds. The molecule has 5 heteroatoms. The molecule has 0 bridgehead atoms. The number of carbonyl (C=O) groups excluding carboxylic acids is 1. The number of ether oxygens (including phenoxy) is 1. The second-order valence-corrected chi connectivity index (χ2v) is 6.34. The van der Waals surface area contributed by atoms with Crippen molar-refractivity contribution in [1.29, 1.82) is 0 Å². The van der Waals surface area contributed by atoms with Crippen molar-refractivity contribution in [3.8, 4) is 11.5 Å². The number of phenolic OH excluding ortho intramolecular Hbond substituents is 1. The number of alkyl halides is 1. The van der Waals surface area contributed by atoms with E-state index in [2.05, 4.69) is 15.9 Å². The van der Waals surface area contributed by atoms with Gasteiger partial charge in [-0.1, -0.05) is 28.8 Å². The molecule has 0 aliphatic heterocycles. The van der Waals surface area contributed by atoms with Crippen LogP contribution in [0.2, 0.25) is 0 Å². The first-order valence-electron chi connectivity index (χ1n) is 6.83. The van der Waals surface area contributed by atoms with Gasteiger partial charge >= 0.3 is 0 Å². The van der Waals surface area contributed by atoms with E-state index < -0.39 is 0 Å². The van der Waals surface area contributed by atoms with Crippen molar-refractivity contribution in [2.75, 3.05) is 14.2 Å². The molecule has 2 unspecified atom stereocenters. The van der Waals surface area contributed by atoms with Gasteiger partial charge in [-0.05, 0) is 31.0 Å². The molecular weight excluding hydrogens is 322 g/mol. The normalized spacial score (nSPS) is 22.4. The van der Waals surface area contributed by atoms with E-state index in [1.165, 1.54) is 12.5 Å². The van der Waals surface area contributed by atoms with Gasteiger partial charge in [0.05, 0.1) is 12.7 Å². The van der Waals surface area contributed by atoms with Crippen molar-refractivity contribution in [2.24, 2.45) is 0 Å². The Morgan fingerprint density at radius 3 is 2.75 bits per heavy atom. The second-order valence-electron chi connectivity index (χ2n) is 5.17. The summed E-state index contributed by atoms with van der Waals surface area (Å²) in [6, 6.07) is 4.88. The summed E-state index contributed by atoms with van der Waals surface area (Å²) in [5.41, 5.74) is 0.289. The van der Waals surface area contributed by atoms with Crippen LogP contribution in [0.25, 0.3) is 0 Å². The molecule has 1 fully saturated rings.